The summed E-state index contributed by atoms with van der Waals surface area (Å²) in [5.41, 5.74) is 2.45. The van der Waals surface area contributed by atoms with Crippen LogP contribution in [0.3, 0.4) is 0 Å². The quantitative estimate of drug-likeness (QED) is 0.575. The molecular weight excluding hydrogens is 376 g/mol. The van der Waals surface area contributed by atoms with Crippen LogP contribution in [0.4, 0.5) is 8.78 Å². The van der Waals surface area contributed by atoms with Gasteiger partial charge >= 0.3 is 11.9 Å². The molecule has 0 saturated carbocycles. The molecule has 0 aliphatic heterocycles. The highest BCUT2D eigenvalue weighted by molar-refractivity contribution is 5.95. The van der Waals surface area contributed by atoms with Crippen LogP contribution in [0.15, 0.2) is 60.7 Å². The average molecular weight is 397 g/mol. The van der Waals surface area contributed by atoms with E-state index < -0.39 is 17.7 Å². The molecule has 1 aromatic heterocycles. The number of hydrogen-bond donors (Lipinski definition) is 1. The third kappa shape index (κ3) is 4.74. The Bertz CT molecular complexity index is 1030. The fourth-order valence-corrected chi connectivity index (χ4v) is 2.95. The lowest BCUT2D eigenvalue weighted by Crippen LogP contribution is -2.11. The molecule has 0 amide bonds. The molecule has 0 saturated heterocycles. The van der Waals surface area contributed by atoms with Gasteiger partial charge in [-0.15, -0.1) is 5.10 Å². The molecule has 1 heterocycles. The Morgan fingerprint density at radius 1 is 1.17 bits per heavy atom. The normalized spacial score (nSPS) is 11.9. The highest BCUT2D eigenvalue weighted by atomic mass is 19.3. The Hall–Kier alpha value is -3.35. The Kier molecular flexibility index (Phi) is 5.87. The fourth-order valence-electron chi connectivity index (χ4n) is 2.95. The van der Waals surface area contributed by atoms with Crippen molar-refractivity contribution in [3.8, 4) is 11.1 Å². The van der Waals surface area contributed by atoms with Gasteiger partial charge in [-0.25, -0.2) is 14.5 Å². The van der Waals surface area contributed by atoms with Crippen molar-refractivity contribution >= 4 is 5.97 Å². The van der Waals surface area contributed by atoms with Crippen molar-refractivity contribution in [1.82, 2.24) is 14.8 Å². The summed E-state index contributed by atoms with van der Waals surface area (Å²) in [4.78, 5) is 15.4. The summed E-state index contributed by atoms with van der Waals surface area (Å²) in [6.45, 7) is 2.92. The van der Waals surface area contributed by atoms with Crippen LogP contribution in [0.2, 0.25) is 0 Å². The second kappa shape index (κ2) is 8.34. The number of alkyl halides is 2. The van der Waals surface area contributed by atoms with Gasteiger partial charge in [-0.05, 0) is 29.7 Å². The van der Waals surface area contributed by atoms with Crippen molar-refractivity contribution in [3.05, 3.63) is 83.5 Å². The van der Waals surface area contributed by atoms with E-state index in [0.717, 1.165) is 18.1 Å². The predicted octanol–water partition coefficient (Wildman–Crippen LogP) is 4.92. The van der Waals surface area contributed by atoms with Gasteiger partial charge in [-0.3, -0.25) is 0 Å². The van der Waals surface area contributed by atoms with Gasteiger partial charge in [0.2, 0.25) is 5.82 Å². The molecule has 0 fully saturated rings. The number of aromatic nitrogens is 3. The van der Waals surface area contributed by atoms with Crippen molar-refractivity contribution in [2.24, 2.45) is 0 Å². The molecule has 1 N–H and O–H groups in total. The summed E-state index contributed by atoms with van der Waals surface area (Å²) in [5, 5.41) is 13.4. The number of hydrogen-bond acceptors (Lipinski definition) is 3. The van der Waals surface area contributed by atoms with Gasteiger partial charge in [-0.2, -0.15) is 8.78 Å². The standard InChI is InChI=1S/C22H21F2N3O2/c1-3-4-9-19-25-21(22(2,23)24)26-27(19)14-15-10-12-16(13-11-15)17-7-5-6-8-18(17)20(28)29/h3-8,10-13H,9,14H2,1-2H3,(H,28,29)/b4-3+. The van der Waals surface area contributed by atoms with Gasteiger partial charge in [0.05, 0.1) is 12.1 Å². The first kappa shape index (κ1) is 20.4. The summed E-state index contributed by atoms with van der Waals surface area (Å²) < 4.78 is 28.8. The van der Waals surface area contributed by atoms with Crippen molar-refractivity contribution in [2.75, 3.05) is 0 Å². The number of allylic oxidation sites excluding steroid dienone is 2. The predicted molar refractivity (Wildman–Crippen MR) is 106 cm³/mol. The summed E-state index contributed by atoms with van der Waals surface area (Å²) >= 11 is 0. The smallest absolute Gasteiger partial charge is 0.336 e. The third-order valence-electron chi connectivity index (χ3n) is 4.43. The number of benzene rings is 2. The molecule has 7 heteroatoms. The minimum atomic E-state index is -3.11. The maximum Gasteiger partial charge on any atom is 0.336 e. The zero-order valence-electron chi connectivity index (χ0n) is 16.1. The van der Waals surface area contributed by atoms with Gasteiger partial charge in [0.25, 0.3) is 0 Å². The lowest BCUT2D eigenvalue weighted by atomic mass is 9.99. The van der Waals surface area contributed by atoms with E-state index in [1.54, 1.807) is 24.3 Å². The van der Waals surface area contributed by atoms with E-state index in [4.69, 9.17) is 0 Å². The minimum Gasteiger partial charge on any atom is -0.478 e. The number of rotatable bonds is 7. The number of halogens is 2. The highest BCUT2D eigenvalue weighted by Gasteiger charge is 2.31. The number of carboxylic acid groups (broad SMARTS) is 1. The monoisotopic (exact) mass is 397 g/mol. The van der Waals surface area contributed by atoms with Crippen LogP contribution in [0.25, 0.3) is 11.1 Å². The number of aromatic carboxylic acids is 1. The first-order valence-corrected chi connectivity index (χ1v) is 9.14. The van der Waals surface area contributed by atoms with Gasteiger partial charge < -0.3 is 5.11 Å². The summed E-state index contributed by atoms with van der Waals surface area (Å²) in [6, 6.07) is 14.1. The fraction of sp³-hybridized carbons (Fsp3) is 0.227. The highest BCUT2D eigenvalue weighted by Crippen LogP contribution is 2.26. The van der Waals surface area contributed by atoms with E-state index in [1.807, 2.05) is 43.3 Å². The number of carbonyl (C=O) groups is 1. The van der Waals surface area contributed by atoms with Crippen LogP contribution >= 0.6 is 0 Å². The van der Waals surface area contributed by atoms with E-state index >= 15 is 0 Å². The van der Waals surface area contributed by atoms with Crippen LogP contribution in [-0.4, -0.2) is 25.8 Å². The van der Waals surface area contributed by atoms with Crippen LogP contribution in [-0.2, 0) is 18.9 Å². The first-order valence-electron chi connectivity index (χ1n) is 9.14. The topological polar surface area (TPSA) is 68.0 Å². The molecule has 0 aliphatic carbocycles. The summed E-state index contributed by atoms with van der Waals surface area (Å²) in [5.74, 6) is -4.14. The largest absolute Gasteiger partial charge is 0.478 e. The molecule has 0 unspecified atom stereocenters. The van der Waals surface area contributed by atoms with Crippen LogP contribution in [0.5, 0.6) is 0 Å². The molecule has 0 radical (unpaired) electrons. The van der Waals surface area contributed by atoms with Gasteiger partial charge in [0.15, 0.2) is 0 Å². The Morgan fingerprint density at radius 3 is 2.48 bits per heavy atom. The first-order chi connectivity index (χ1) is 13.8. The Labute approximate surface area is 167 Å². The zero-order valence-corrected chi connectivity index (χ0v) is 16.1. The van der Waals surface area contributed by atoms with E-state index in [9.17, 15) is 18.7 Å². The Balaban J connectivity index is 1.89. The Morgan fingerprint density at radius 2 is 1.86 bits per heavy atom. The van der Waals surface area contributed by atoms with E-state index in [0.29, 0.717) is 17.8 Å². The lowest BCUT2D eigenvalue weighted by Gasteiger charge is -2.09. The van der Waals surface area contributed by atoms with Crippen molar-refractivity contribution < 1.29 is 18.7 Å². The molecule has 0 spiro atoms. The average Bonchev–Trinajstić information content (AvgIpc) is 3.10. The van der Waals surface area contributed by atoms with E-state index in [2.05, 4.69) is 10.1 Å². The van der Waals surface area contributed by atoms with Crippen molar-refractivity contribution in [1.29, 1.82) is 0 Å². The van der Waals surface area contributed by atoms with Crippen molar-refractivity contribution in [2.45, 2.75) is 32.7 Å². The van der Waals surface area contributed by atoms with E-state index in [1.165, 1.54) is 4.68 Å². The van der Waals surface area contributed by atoms with Gasteiger partial charge in [0, 0.05) is 13.3 Å². The van der Waals surface area contributed by atoms with Crippen molar-refractivity contribution in [3.63, 3.8) is 0 Å². The number of carboxylic acids is 1. The molecule has 0 bridgehead atoms. The molecule has 0 atom stereocenters. The molecule has 0 aliphatic rings. The molecule has 3 rings (SSSR count). The second-order valence-electron chi connectivity index (χ2n) is 6.72. The number of nitrogens with zero attached hydrogens (tertiary/aromatic N) is 3. The zero-order chi connectivity index (χ0) is 21.0. The maximum absolute atomic E-state index is 13.6. The third-order valence-corrected chi connectivity index (χ3v) is 4.43. The molecule has 150 valence electrons. The molecular formula is C22H21F2N3O2. The van der Waals surface area contributed by atoms with Crippen LogP contribution in [0, 0.1) is 0 Å². The second-order valence-corrected chi connectivity index (χ2v) is 6.72. The molecule has 3 aromatic rings. The lowest BCUT2D eigenvalue weighted by molar-refractivity contribution is 0.00755. The van der Waals surface area contributed by atoms with Crippen LogP contribution in [0.1, 0.15) is 41.4 Å². The molecule has 29 heavy (non-hydrogen) atoms. The summed E-state index contributed by atoms with van der Waals surface area (Å²) in [6.07, 6.45) is 4.07. The van der Waals surface area contributed by atoms with E-state index in [-0.39, 0.29) is 12.1 Å². The van der Waals surface area contributed by atoms with Gasteiger partial charge in [0.1, 0.15) is 5.82 Å². The molecule has 2 aromatic carbocycles. The molecule has 5 nitrogen and oxygen atoms in total. The van der Waals surface area contributed by atoms with Gasteiger partial charge in [-0.1, -0.05) is 54.6 Å². The minimum absolute atomic E-state index is 0.222. The van der Waals surface area contributed by atoms with Crippen LogP contribution < -0.4 is 0 Å². The SMILES string of the molecule is C/C=C/Cc1nc(C(C)(F)F)nn1Cc1ccc(-c2ccccc2C(=O)O)cc1. The maximum atomic E-state index is 13.6. The summed E-state index contributed by atoms with van der Waals surface area (Å²) in [7, 11) is 0.